The number of halogens is 1. The van der Waals surface area contributed by atoms with Crippen LogP contribution in [0.3, 0.4) is 0 Å². The monoisotopic (exact) mass is 315 g/mol. The second-order valence-corrected chi connectivity index (χ2v) is 3.96. The van der Waals surface area contributed by atoms with Gasteiger partial charge in [0.1, 0.15) is 5.75 Å². The molecule has 0 bridgehead atoms. The van der Waals surface area contributed by atoms with Crippen LogP contribution in [0.4, 0.5) is 0 Å². The Morgan fingerprint density at radius 3 is 2.87 bits per heavy atom. The maximum Gasteiger partial charge on any atom is 0.256 e. The van der Waals surface area contributed by atoms with E-state index >= 15 is 0 Å². The molecule has 0 amide bonds. The summed E-state index contributed by atoms with van der Waals surface area (Å²) in [6.07, 6.45) is 1.59. The van der Waals surface area contributed by atoms with Crippen molar-refractivity contribution < 1.29 is 4.74 Å². The summed E-state index contributed by atoms with van der Waals surface area (Å²) in [5.74, 6) is 0.699. The third-order valence-electron chi connectivity index (χ3n) is 2.30. The fourth-order valence-corrected chi connectivity index (χ4v) is 2.01. The first-order valence-electron chi connectivity index (χ1n) is 4.50. The molecule has 1 heterocycles. The van der Waals surface area contributed by atoms with Crippen LogP contribution >= 0.6 is 22.6 Å². The van der Waals surface area contributed by atoms with Crippen molar-refractivity contribution in [2.24, 2.45) is 0 Å². The number of benzene rings is 1. The molecule has 0 saturated carbocycles. The molecule has 0 saturated heterocycles. The Morgan fingerprint density at radius 2 is 2.20 bits per heavy atom. The summed E-state index contributed by atoms with van der Waals surface area (Å²) in [6.45, 7) is 0. The summed E-state index contributed by atoms with van der Waals surface area (Å²) >= 11 is 2.27. The molecular weight excluding hydrogens is 305 g/mol. The Hall–Kier alpha value is -1.04. The van der Waals surface area contributed by atoms with Gasteiger partial charge < -0.3 is 9.72 Å². The molecule has 2 rings (SSSR count). The molecule has 15 heavy (non-hydrogen) atoms. The molecule has 0 unspecified atom stereocenters. The zero-order valence-electron chi connectivity index (χ0n) is 8.21. The van der Waals surface area contributed by atoms with Crippen molar-refractivity contribution in [2.75, 3.05) is 7.11 Å². The smallest absolute Gasteiger partial charge is 0.256 e. The molecule has 0 radical (unpaired) electrons. The largest absolute Gasteiger partial charge is 0.495 e. The third kappa shape index (κ3) is 1.86. The average molecular weight is 315 g/mol. The molecule has 0 aliphatic rings. The number of ether oxygens (including phenoxy) is 1. The van der Waals surface area contributed by atoms with E-state index in [1.54, 1.807) is 13.3 Å². The highest BCUT2D eigenvalue weighted by atomic mass is 127. The normalized spacial score (nSPS) is 10.5. The number of fused-ring (bicyclic) bond motifs is 1. The molecule has 0 fully saturated rings. The summed E-state index contributed by atoms with van der Waals surface area (Å²) in [5.41, 5.74) is 1.07. The molecule has 1 aromatic carbocycles. The third-order valence-corrected chi connectivity index (χ3v) is 3.18. The number of hydrogen-bond donors (Lipinski definition) is 1. The first-order valence-corrected chi connectivity index (χ1v) is 6.03. The van der Waals surface area contributed by atoms with Crippen LogP contribution in [-0.2, 0) is 4.43 Å². The molecule has 0 aliphatic heterocycles. The quantitative estimate of drug-likeness (QED) is 0.683. The Kier molecular flexibility index (Phi) is 2.95. The lowest BCUT2D eigenvalue weighted by Gasteiger charge is -2.05. The fourth-order valence-electron chi connectivity index (χ4n) is 1.53. The maximum absolute atomic E-state index is 11.6. The van der Waals surface area contributed by atoms with E-state index in [2.05, 4.69) is 27.6 Å². The van der Waals surface area contributed by atoms with E-state index in [0.29, 0.717) is 11.1 Å². The van der Waals surface area contributed by atoms with Crippen LogP contribution in [-0.4, -0.2) is 12.1 Å². The van der Waals surface area contributed by atoms with Crippen LogP contribution in [0, 0.1) is 0 Å². The summed E-state index contributed by atoms with van der Waals surface area (Å²) in [6, 6.07) is 5.84. The second-order valence-electron chi connectivity index (χ2n) is 3.20. The lowest BCUT2D eigenvalue weighted by Crippen LogP contribution is -2.06. The summed E-state index contributed by atoms with van der Waals surface area (Å²) in [4.78, 5) is 14.3. The van der Waals surface area contributed by atoms with Gasteiger partial charge in [-0.05, 0) is 11.6 Å². The van der Waals surface area contributed by atoms with Crippen molar-refractivity contribution in [2.45, 2.75) is 4.43 Å². The number of nitrogens with one attached hydrogen (secondary N) is 1. The molecule has 2 aromatic rings. The van der Waals surface area contributed by atoms with E-state index in [0.717, 1.165) is 15.4 Å². The van der Waals surface area contributed by atoms with E-state index in [1.807, 2.05) is 18.2 Å². The van der Waals surface area contributed by atoms with E-state index < -0.39 is 0 Å². The predicted octanol–water partition coefficient (Wildman–Crippen LogP) is 2.47. The van der Waals surface area contributed by atoms with Gasteiger partial charge >= 0.3 is 0 Å². The Bertz CT molecular complexity index is 548. The lowest BCUT2D eigenvalue weighted by molar-refractivity contribution is 0.418. The Labute approximate surface area is 101 Å². The number of H-pyrrole nitrogens is 1. The SMILES string of the molecule is COc1c[nH]c(=O)c2cc(CI)ccc12. The molecule has 78 valence electrons. The Morgan fingerprint density at radius 1 is 1.40 bits per heavy atom. The van der Waals surface area contributed by atoms with Crippen molar-refractivity contribution in [3.63, 3.8) is 0 Å². The second kappa shape index (κ2) is 4.22. The highest BCUT2D eigenvalue weighted by molar-refractivity contribution is 14.1. The summed E-state index contributed by atoms with van der Waals surface area (Å²) in [7, 11) is 1.60. The summed E-state index contributed by atoms with van der Waals surface area (Å²) in [5, 5.41) is 1.54. The van der Waals surface area contributed by atoms with Gasteiger partial charge in [-0.3, -0.25) is 4.79 Å². The number of hydrogen-bond acceptors (Lipinski definition) is 2. The predicted molar refractivity (Wildman–Crippen MR) is 68.8 cm³/mol. The van der Waals surface area contributed by atoms with Gasteiger partial charge in [-0.15, -0.1) is 0 Å². The number of rotatable bonds is 2. The number of aromatic amines is 1. The first-order chi connectivity index (χ1) is 7.26. The minimum atomic E-state index is -0.0718. The topological polar surface area (TPSA) is 42.1 Å². The molecule has 3 nitrogen and oxygen atoms in total. The van der Waals surface area contributed by atoms with Crippen LogP contribution in [0.25, 0.3) is 10.8 Å². The van der Waals surface area contributed by atoms with E-state index in [1.165, 1.54) is 0 Å². The van der Waals surface area contributed by atoms with Crippen molar-refractivity contribution in [3.8, 4) is 5.75 Å². The maximum atomic E-state index is 11.6. The van der Waals surface area contributed by atoms with Crippen molar-refractivity contribution in [1.29, 1.82) is 0 Å². The van der Waals surface area contributed by atoms with Crippen molar-refractivity contribution in [1.82, 2.24) is 4.98 Å². The van der Waals surface area contributed by atoms with E-state index in [9.17, 15) is 4.79 Å². The van der Waals surface area contributed by atoms with Crippen LogP contribution in [0.15, 0.2) is 29.2 Å². The van der Waals surface area contributed by atoms with Gasteiger partial charge in [0.2, 0.25) is 0 Å². The van der Waals surface area contributed by atoms with E-state index in [4.69, 9.17) is 4.74 Å². The van der Waals surface area contributed by atoms with Gasteiger partial charge in [0.25, 0.3) is 5.56 Å². The summed E-state index contributed by atoms with van der Waals surface area (Å²) < 4.78 is 6.08. The highest BCUT2D eigenvalue weighted by Gasteiger charge is 2.05. The molecule has 0 spiro atoms. The van der Waals surface area contributed by atoms with Gasteiger partial charge in [0.05, 0.1) is 12.5 Å². The van der Waals surface area contributed by atoms with E-state index in [-0.39, 0.29) is 5.56 Å². The molecule has 1 aromatic heterocycles. The van der Waals surface area contributed by atoms with Gasteiger partial charge in [0, 0.05) is 16.0 Å². The zero-order chi connectivity index (χ0) is 10.8. The zero-order valence-corrected chi connectivity index (χ0v) is 10.4. The molecular formula is C11H10INO2. The number of pyridine rings is 1. The van der Waals surface area contributed by atoms with Gasteiger partial charge in [-0.1, -0.05) is 34.7 Å². The van der Waals surface area contributed by atoms with Crippen molar-refractivity contribution in [3.05, 3.63) is 40.3 Å². The number of aromatic nitrogens is 1. The van der Waals surface area contributed by atoms with Crippen LogP contribution in [0.5, 0.6) is 5.75 Å². The van der Waals surface area contributed by atoms with Gasteiger partial charge in [-0.25, -0.2) is 0 Å². The molecule has 1 N–H and O–H groups in total. The number of methoxy groups -OCH3 is 1. The highest BCUT2D eigenvalue weighted by Crippen LogP contribution is 2.23. The minimum absolute atomic E-state index is 0.0718. The Balaban J connectivity index is 2.81. The van der Waals surface area contributed by atoms with Crippen LogP contribution in [0.2, 0.25) is 0 Å². The fraction of sp³-hybridized carbons (Fsp3) is 0.182. The molecule has 4 heteroatoms. The molecule has 0 atom stereocenters. The minimum Gasteiger partial charge on any atom is -0.495 e. The first kappa shape index (κ1) is 10.5. The standard InChI is InChI=1S/C11H10INO2/c1-15-10-6-13-11(14)9-4-7(5-12)2-3-8(9)10/h2-4,6H,5H2,1H3,(H,13,14). The number of alkyl halides is 1. The van der Waals surface area contributed by atoms with Gasteiger partial charge in [-0.2, -0.15) is 0 Å². The van der Waals surface area contributed by atoms with Crippen LogP contribution in [0.1, 0.15) is 5.56 Å². The van der Waals surface area contributed by atoms with Crippen molar-refractivity contribution >= 4 is 33.4 Å². The average Bonchev–Trinajstić information content (AvgIpc) is 2.29. The lowest BCUT2D eigenvalue weighted by atomic mass is 10.1. The van der Waals surface area contributed by atoms with Gasteiger partial charge in [0.15, 0.2) is 0 Å². The van der Waals surface area contributed by atoms with Crippen LogP contribution < -0.4 is 10.3 Å². The molecule has 0 aliphatic carbocycles.